The van der Waals surface area contributed by atoms with Crippen LogP contribution in [0.3, 0.4) is 0 Å². The van der Waals surface area contributed by atoms with Gasteiger partial charge in [-0.2, -0.15) is 0 Å². The molecule has 0 radical (unpaired) electrons. The molecule has 1 saturated carbocycles. The largest absolute Gasteiger partial charge is 0.465 e. The van der Waals surface area contributed by atoms with Gasteiger partial charge in [-0.25, -0.2) is 4.79 Å². The number of hydrogen-bond acceptors (Lipinski definition) is 4. The Kier molecular flexibility index (Phi) is 6.22. The molecule has 0 bridgehead atoms. The third-order valence-electron chi connectivity index (χ3n) is 3.79. The van der Waals surface area contributed by atoms with E-state index in [0.717, 1.165) is 3.57 Å². The van der Waals surface area contributed by atoms with Crippen molar-refractivity contribution >= 4 is 56.1 Å². The maximum Gasteiger partial charge on any atom is 0.339 e. The summed E-state index contributed by atoms with van der Waals surface area (Å²) in [5, 5.41) is 12.4. The zero-order chi connectivity index (χ0) is 16.3. The summed E-state index contributed by atoms with van der Waals surface area (Å²) < 4.78 is 6.20. The lowest BCUT2D eigenvalue weighted by atomic mass is 9.87. The van der Waals surface area contributed by atoms with Crippen molar-refractivity contribution in [3.05, 3.63) is 25.7 Å². The number of aliphatic hydroxyl groups is 1. The highest BCUT2D eigenvalue weighted by atomic mass is 127. The molecule has 0 heterocycles. The van der Waals surface area contributed by atoms with E-state index in [1.165, 1.54) is 7.11 Å². The lowest BCUT2D eigenvalue weighted by molar-refractivity contribution is -0.121. The van der Waals surface area contributed by atoms with Crippen LogP contribution in [0.5, 0.6) is 0 Å². The molecule has 1 aliphatic rings. The first kappa shape index (κ1) is 17.7. The third-order valence-corrected chi connectivity index (χ3v) is 5.34. The fourth-order valence-electron chi connectivity index (χ4n) is 2.48. The average molecular weight is 482 g/mol. The number of nitrogens with one attached hydrogen (secondary N) is 1. The average Bonchev–Trinajstić information content (AvgIpc) is 2.49. The van der Waals surface area contributed by atoms with Gasteiger partial charge in [0.15, 0.2) is 0 Å². The van der Waals surface area contributed by atoms with E-state index in [1.54, 1.807) is 12.1 Å². The van der Waals surface area contributed by atoms with Crippen LogP contribution in [0, 0.1) is 9.49 Å². The molecule has 1 aliphatic carbocycles. The fraction of sp³-hybridized carbons (Fsp3) is 0.467. The number of halogens is 2. The standard InChI is InChI=1S/C15H17BrINO4/c1-22-15(21)10-6-13(12(17)7-11(10)16)18-14(20)8-2-4-9(19)5-3-8/h6-9,19H,2-5H2,1H3,(H,18,20). The Morgan fingerprint density at radius 2 is 1.95 bits per heavy atom. The van der Waals surface area contributed by atoms with Gasteiger partial charge in [0.25, 0.3) is 0 Å². The third kappa shape index (κ3) is 4.20. The smallest absolute Gasteiger partial charge is 0.339 e. The van der Waals surface area contributed by atoms with Gasteiger partial charge in [-0.05, 0) is 76.3 Å². The van der Waals surface area contributed by atoms with Crippen LogP contribution in [0.25, 0.3) is 0 Å². The van der Waals surface area contributed by atoms with Gasteiger partial charge in [-0.3, -0.25) is 4.79 Å². The van der Waals surface area contributed by atoms with Crippen LogP contribution >= 0.6 is 38.5 Å². The molecule has 0 atom stereocenters. The van der Waals surface area contributed by atoms with Crippen LogP contribution in [-0.4, -0.2) is 30.2 Å². The first-order valence-electron chi connectivity index (χ1n) is 6.98. The molecule has 0 aliphatic heterocycles. The Balaban J connectivity index is 2.15. The normalized spacial score (nSPS) is 21.3. The summed E-state index contributed by atoms with van der Waals surface area (Å²) in [5.74, 6) is -0.619. The van der Waals surface area contributed by atoms with E-state index in [9.17, 15) is 14.7 Å². The summed E-state index contributed by atoms with van der Waals surface area (Å²) in [6, 6.07) is 3.39. The highest BCUT2D eigenvalue weighted by Crippen LogP contribution is 2.30. The molecule has 2 rings (SSSR count). The summed E-state index contributed by atoms with van der Waals surface area (Å²) in [6.45, 7) is 0. The van der Waals surface area contributed by atoms with E-state index in [2.05, 4.69) is 43.8 Å². The Morgan fingerprint density at radius 1 is 1.32 bits per heavy atom. The molecule has 0 spiro atoms. The Hall–Kier alpha value is -0.670. The van der Waals surface area contributed by atoms with Crippen molar-refractivity contribution in [2.45, 2.75) is 31.8 Å². The summed E-state index contributed by atoms with van der Waals surface area (Å²) in [7, 11) is 1.32. The zero-order valence-electron chi connectivity index (χ0n) is 12.1. The van der Waals surface area contributed by atoms with Crippen LogP contribution in [-0.2, 0) is 9.53 Å². The minimum atomic E-state index is -0.459. The number of hydrogen-bond donors (Lipinski definition) is 2. The van der Waals surface area contributed by atoms with Crippen LogP contribution in [0.2, 0.25) is 0 Å². The van der Waals surface area contributed by atoms with Gasteiger partial charge in [-0.15, -0.1) is 0 Å². The number of ether oxygens (including phenoxy) is 1. The van der Waals surface area contributed by atoms with Crippen molar-refractivity contribution in [1.29, 1.82) is 0 Å². The van der Waals surface area contributed by atoms with Crippen molar-refractivity contribution < 1.29 is 19.4 Å². The van der Waals surface area contributed by atoms with Crippen LogP contribution in [0.1, 0.15) is 36.0 Å². The number of anilines is 1. The molecule has 2 N–H and O–H groups in total. The number of benzene rings is 1. The fourth-order valence-corrected chi connectivity index (χ4v) is 4.02. The van der Waals surface area contributed by atoms with Gasteiger partial charge in [0.2, 0.25) is 5.91 Å². The molecule has 1 aromatic rings. The predicted octanol–water partition coefficient (Wildman–Crippen LogP) is 3.33. The zero-order valence-corrected chi connectivity index (χ0v) is 15.8. The topological polar surface area (TPSA) is 75.6 Å². The van der Waals surface area contributed by atoms with E-state index < -0.39 is 5.97 Å². The van der Waals surface area contributed by atoms with Gasteiger partial charge < -0.3 is 15.2 Å². The van der Waals surface area contributed by atoms with Crippen molar-refractivity contribution in [2.75, 3.05) is 12.4 Å². The Labute approximate surface area is 151 Å². The van der Waals surface area contributed by atoms with Gasteiger partial charge >= 0.3 is 5.97 Å². The second-order valence-corrected chi connectivity index (χ2v) is 7.31. The highest BCUT2D eigenvalue weighted by molar-refractivity contribution is 14.1. The van der Waals surface area contributed by atoms with Gasteiger partial charge in [0.05, 0.1) is 24.5 Å². The lowest BCUT2D eigenvalue weighted by Crippen LogP contribution is -2.29. The first-order valence-corrected chi connectivity index (χ1v) is 8.85. The van der Waals surface area contributed by atoms with E-state index in [1.807, 2.05) is 0 Å². The maximum atomic E-state index is 12.3. The van der Waals surface area contributed by atoms with E-state index in [4.69, 9.17) is 4.74 Å². The van der Waals surface area contributed by atoms with E-state index >= 15 is 0 Å². The molecule has 5 nitrogen and oxygen atoms in total. The highest BCUT2D eigenvalue weighted by Gasteiger charge is 2.26. The number of carbonyl (C=O) groups is 2. The van der Waals surface area contributed by atoms with E-state index in [-0.39, 0.29) is 17.9 Å². The molecular formula is C15H17BrINO4. The second kappa shape index (κ2) is 7.74. The molecule has 22 heavy (non-hydrogen) atoms. The number of esters is 1. The van der Waals surface area contributed by atoms with Crippen LogP contribution < -0.4 is 5.32 Å². The quantitative estimate of drug-likeness (QED) is 0.513. The van der Waals surface area contributed by atoms with Crippen LogP contribution in [0.4, 0.5) is 5.69 Å². The second-order valence-electron chi connectivity index (χ2n) is 5.30. The summed E-state index contributed by atoms with van der Waals surface area (Å²) in [5.41, 5.74) is 0.970. The molecule has 0 unspecified atom stereocenters. The lowest BCUT2D eigenvalue weighted by Gasteiger charge is -2.24. The van der Waals surface area contributed by atoms with Gasteiger partial charge in [-0.1, -0.05) is 0 Å². The predicted molar refractivity (Wildman–Crippen MR) is 94.8 cm³/mol. The molecule has 1 amide bonds. The number of methoxy groups -OCH3 is 1. The molecule has 120 valence electrons. The number of amides is 1. The molecule has 1 aromatic carbocycles. The Bertz CT molecular complexity index is 585. The van der Waals surface area contributed by atoms with Crippen molar-refractivity contribution in [3.63, 3.8) is 0 Å². The van der Waals surface area contributed by atoms with Gasteiger partial charge in [0, 0.05) is 14.0 Å². The van der Waals surface area contributed by atoms with Crippen molar-refractivity contribution in [1.82, 2.24) is 0 Å². The molecular weight excluding hydrogens is 465 g/mol. The summed E-state index contributed by atoms with van der Waals surface area (Å²) >= 11 is 5.43. The minimum Gasteiger partial charge on any atom is -0.465 e. The number of aliphatic hydroxyl groups excluding tert-OH is 1. The molecule has 1 fully saturated rings. The maximum absolute atomic E-state index is 12.3. The van der Waals surface area contributed by atoms with Crippen molar-refractivity contribution in [3.8, 4) is 0 Å². The molecule has 7 heteroatoms. The monoisotopic (exact) mass is 481 g/mol. The van der Waals surface area contributed by atoms with Gasteiger partial charge in [0.1, 0.15) is 0 Å². The summed E-state index contributed by atoms with van der Waals surface area (Å²) in [6.07, 6.45) is 2.39. The number of rotatable bonds is 3. The molecule has 0 saturated heterocycles. The SMILES string of the molecule is COC(=O)c1cc(NC(=O)C2CCC(O)CC2)c(I)cc1Br. The molecule has 0 aromatic heterocycles. The number of carbonyl (C=O) groups excluding carboxylic acids is 2. The van der Waals surface area contributed by atoms with Crippen molar-refractivity contribution in [2.24, 2.45) is 5.92 Å². The van der Waals surface area contributed by atoms with E-state index in [0.29, 0.717) is 41.4 Å². The Morgan fingerprint density at radius 3 is 2.55 bits per heavy atom. The first-order chi connectivity index (χ1) is 10.4. The summed E-state index contributed by atoms with van der Waals surface area (Å²) in [4.78, 5) is 24.1. The van der Waals surface area contributed by atoms with Crippen LogP contribution in [0.15, 0.2) is 16.6 Å². The minimum absolute atomic E-state index is 0.0667.